The van der Waals surface area contributed by atoms with Crippen LogP contribution in [0.1, 0.15) is 26.3 Å². The van der Waals surface area contributed by atoms with Gasteiger partial charge < -0.3 is 9.88 Å². The number of benzene rings is 1. The monoisotopic (exact) mass is 258 g/mol. The smallest absolute Gasteiger partial charge is 0.240 e. The third-order valence-corrected chi connectivity index (χ3v) is 3.73. The molecule has 0 bridgehead atoms. The second-order valence-electron chi connectivity index (χ2n) is 5.55. The van der Waals surface area contributed by atoms with Crippen LogP contribution < -0.4 is 5.32 Å². The Morgan fingerprint density at radius 1 is 1.26 bits per heavy atom. The molecule has 1 aromatic carbocycles. The third-order valence-electron chi connectivity index (χ3n) is 3.73. The van der Waals surface area contributed by atoms with E-state index in [-0.39, 0.29) is 11.9 Å². The number of hydrogen-bond acceptors (Lipinski definition) is 1. The van der Waals surface area contributed by atoms with Gasteiger partial charge in [0.25, 0.3) is 0 Å². The summed E-state index contributed by atoms with van der Waals surface area (Å²) in [7, 11) is 0. The first-order valence-electron chi connectivity index (χ1n) is 6.83. The summed E-state index contributed by atoms with van der Waals surface area (Å²) in [5.74, 6) is 0.521. The quantitative estimate of drug-likeness (QED) is 0.898. The second-order valence-corrected chi connectivity index (χ2v) is 5.55. The van der Waals surface area contributed by atoms with Crippen molar-refractivity contribution >= 4 is 16.8 Å². The fourth-order valence-corrected chi connectivity index (χ4v) is 2.14. The standard InChI is InChI=1S/C16H22N2O/c1-11(2)13(4)17-16(19)10-18-9-8-14-12(3)6-5-7-15(14)18/h5-9,11,13H,10H2,1-4H3,(H,17,19). The molecule has 2 aromatic rings. The SMILES string of the molecule is Cc1cccc2c1ccn2CC(=O)NC(C)C(C)C. The molecule has 1 N–H and O–H groups in total. The van der Waals surface area contributed by atoms with E-state index in [9.17, 15) is 4.79 Å². The first-order valence-corrected chi connectivity index (χ1v) is 6.83. The van der Waals surface area contributed by atoms with E-state index in [0.29, 0.717) is 12.5 Å². The van der Waals surface area contributed by atoms with Gasteiger partial charge in [-0.05, 0) is 37.5 Å². The first-order chi connectivity index (χ1) is 8.99. The number of hydrogen-bond donors (Lipinski definition) is 1. The maximum atomic E-state index is 12.0. The summed E-state index contributed by atoms with van der Waals surface area (Å²) in [6, 6.07) is 8.46. The van der Waals surface area contributed by atoms with Crippen LogP contribution >= 0.6 is 0 Å². The molecule has 1 atom stereocenters. The minimum Gasteiger partial charge on any atom is -0.352 e. The zero-order chi connectivity index (χ0) is 14.0. The zero-order valence-electron chi connectivity index (χ0n) is 12.1. The summed E-state index contributed by atoms with van der Waals surface area (Å²) in [6.45, 7) is 8.73. The van der Waals surface area contributed by atoms with Crippen LogP contribution in [-0.4, -0.2) is 16.5 Å². The third kappa shape index (κ3) is 2.98. The van der Waals surface area contributed by atoms with E-state index in [1.807, 2.05) is 23.8 Å². The number of fused-ring (bicyclic) bond motifs is 1. The molecule has 0 fully saturated rings. The number of carbonyl (C=O) groups is 1. The Morgan fingerprint density at radius 3 is 2.68 bits per heavy atom. The van der Waals surface area contributed by atoms with Crippen LogP contribution in [0, 0.1) is 12.8 Å². The minimum atomic E-state index is 0.0696. The first kappa shape index (κ1) is 13.7. The van der Waals surface area contributed by atoms with E-state index in [1.165, 1.54) is 10.9 Å². The van der Waals surface area contributed by atoms with Gasteiger partial charge in [0.05, 0.1) is 0 Å². The number of aromatic nitrogens is 1. The Kier molecular flexibility index (Phi) is 3.93. The molecule has 1 heterocycles. The highest BCUT2D eigenvalue weighted by molar-refractivity contribution is 5.85. The summed E-state index contributed by atoms with van der Waals surface area (Å²) < 4.78 is 2.00. The molecular formula is C16H22N2O. The molecule has 0 aliphatic rings. The van der Waals surface area contributed by atoms with E-state index in [1.54, 1.807) is 0 Å². The molecule has 0 aliphatic carbocycles. The van der Waals surface area contributed by atoms with Crippen molar-refractivity contribution in [1.82, 2.24) is 9.88 Å². The van der Waals surface area contributed by atoms with Crippen LogP contribution in [0.5, 0.6) is 0 Å². The Labute approximate surface area is 114 Å². The van der Waals surface area contributed by atoms with Gasteiger partial charge in [-0.25, -0.2) is 0 Å². The van der Waals surface area contributed by atoms with Crippen molar-refractivity contribution in [2.45, 2.75) is 40.3 Å². The molecule has 0 aliphatic heterocycles. The predicted molar refractivity (Wildman–Crippen MR) is 79.1 cm³/mol. The predicted octanol–water partition coefficient (Wildman–Crippen LogP) is 3.11. The lowest BCUT2D eigenvalue weighted by molar-refractivity contribution is -0.122. The van der Waals surface area contributed by atoms with E-state index in [4.69, 9.17) is 0 Å². The maximum Gasteiger partial charge on any atom is 0.240 e. The molecular weight excluding hydrogens is 236 g/mol. The fourth-order valence-electron chi connectivity index (χ4n) is 2.14. The average molecular weight is 258 g/mol. The molecule has 3 heteroatoms. The van der Waals surface area contributed by atoms with Gasteiger partial charge in [-0.1, -0.05) is 26.0 Å². The normalized spacial score (nSPS) is 12.9. The summed E-state index contributed by atoms with van der Waals surface area (Å²) in [5, 5.41) is 4.25. The van der Waals surface area contributed by atoms with E-state index in [2.05, 4.69) is 44.3 Å². The highest BCUT2D eigenvalue weighted by Gasteiger charge is 2.12. The van der Waals surface area contributed by atoms with Crippen LogP contribution in [0.4, 0.5) is 0 Å². The molecule has 102 valence electrons. The number of nitrogens with one attached hydrogen (secondary N) is 1. The Hall–Kier alpha value is -1.77. The lowest BCUT2D eigenvalue weighted by atomic mass is 10.1. The average Bonchev–Trinajstić information content (AvgIpc) is 2.73. The van der Waals surface area contributed by atoms with Crippen molar-refractivity contribution in [2.24, 2.45) is 5.92 Å². The molecule has 0 radical (unpaired) electrons. The highest BCUT2D eigenvalue weighted by atomic mass is 16.2. The number of nitrogens with zero attached hydrogens (tertiary/aromatic N) is 1. The molecule has 0 spiro atoms. The summed E-state index contributed by atoms with van der Waals surface area (Å²) in [5.41, 5.74) is 2.36. The van der Waals surface area contributed by atoms with Crippen molar-refractivity contribution in [3.8, 4) is 0 Å². The highest BCUT2D eigenvalue weighted by Crippen LogP contribution is 2.19. The fraction of sp³-hybridized carbons (Fsp3) is 0.438. The number of amides is 1. The Morgan fingerprint density at radius 2 is 2.00 bits per heavy atom. The van der Waals surface area contributed by atoms with Gasteiger partial charge in [-0.3, -0.25) is 4.79 Å². The zero-order valence-corrected chi connectivity index (χ0v) is 12.1. The molecule has 0 saturated carbocycles. The van der Waals surface area contributed by atoms with Crippen molar-refractivity contribution in [3.05, 3.63) is 36.0 Å². The molecule has 2 rings (SSSR count). The van der Waals surface area contributed by atoms with Crippen molar-refractivity contribution in [3.63, 3.8) is 0 Å². The largest absolute Gasteiger partial charge is 0.352 e. The molecule has 1 aromatic heterocycles. The number of aryl methyl sites for hydroxylation is 1. The summed E-state index contributed by atoms with van der Waals surface area (Å²) in [6.07, 6.45) is 1.98. The van der Waals surface area contributed by atoms with Crippen LogP contribution in [0.25, 0.3) is 10.9 Å². The van der Waals surface area contributed by atoms with Gasteiger partial charge in [0.1, 0.15) is 6.54 Å². The number of carbonyl (C=O) groups excluding carboxylic acids is 1. The van der Waals surface area contributed by atoms with Gasteiger partial charge in [0, 0.05) is 23.1 Å². The van der Waals surface area contributed by atoms with Crippen LogP contribution in [-0.2, 0) is 11.3 Å². The Balaban J connectivity index is 2.14. The van der Waals surface area contributed by atoms with Gasteiger partial charge in [0.15, 0.2) is 0 Å². The van der Waals surface area contributed by atoms with E-state index < -0.39 is 0 Å². The second kappa shape index (κ2) is 5.47. The lowest BCUT2D eigenvalue weighted by Gasteiger charge is -2.17. The Bertz CT molecular complexity index is 583. The minimum absolute atomic E-state index is 0.0696. The molecule has 1 unspecified atom stereocenters. The van der Waals surface area contributed by atoms with E-state index in [0.717, 1.165) is 5.52 Å². The van der Waals surface area contributed by atoms with Crippen molar-refractivity contribution in [2.75, 3.05) is 0 Å². The van der Waals surface area contributed by atoms with Crippen LogP contribution in [0.3, 0.4) is 0 Å². The van der Waals surface area contributed by atoms with Gasteiger partial charge in [-0.15, -0.1) is 0 Å². The van der Waals surface area contributed by atoms with Crippen LogP contribution in [0.15, 0.2) is 30.5 Å². The van der Waals surface area contributed by atoms with Crippen molar-refractivity contribution < 1.29 is 4.79 Å². The van der Waals surface area contributed by atoms with Crippen molar-refractivity contribution in [1.29, 1.82) is 0 Å². The maximum absolute atomic E-state index is 12.0. The topological polar surface area (TPSA) is 34.0 Å². The number of rotatable bonds is 4. The van der Waals surface area contributed by atoms with E-state index >= 15 is 0 Å². The molecule has 19 heavy (non-hydrogen) atoms. The van der Waals surface area contributed by atoms with Gasteiger partial charge in [0.2, 0.25) is 5.91 Å². The molecule has 0 saturated heterocycles. The van der Waals surface area contributed by atoms with Crippen LogP contribution in [0.2, 0.25) is 0 Å². The van der Waals surface area contributed by atoms with Gasteiger partial charge in [-0.2, -0.15) is 0 Å². The van der Waals surface area contributed by atoms with Gasteiger partial charge >= 0.3 is 0 Å². The summed E-state index contributed by atoms with van der Waals surface area (Å²) in [4.78, 5) is 12.0. The molecule has 1 amide bonds. The lowest BCUT2D eigenvalue weighted by Crippen LogP contribution is -2.38. The summed E-state index contributed by atoms with van der Waals surface area (Å²) >= 11 is 0. The molecule has 3 nitrogen and oxygen atoms in total.